The molecule has 1 N–H and O–H groups in total. The van der Waals surface area contributed by atoms with Gasteiger partial charge in [-0.3, -0.25) is 14.4 Å². The van der Waals surface area contributed by atoms with Crippen LogP contribution in [0.2, 0.25) is 0 Å². The summed E-state index contributed by atoms with van der Waals surface area (Å²) < 4.78 is 18.4. The number of methoxy groups -OCH3 is 1. The van der Waals surface area contributed by atoms with Crippen molar-refractivity contribution < 1.29 is 23.5 Å². The van der Waals surface area contributed by atoms with Crippen molar-refractivity contribution in [2.45, 2.75) is 18.9 Å². The number of nitrogens with zero attached hydrogens (tertiary/aromatic N) is 2. The summed E-state index contributed by atoms with van der Waals surface area (Å²) in [6.45, 7) is 1.63. The lowest BCUT2D eigenvalue weighted by Crippen LogP contribution is -2.56. The van der Waals surface area contributed by atoms with Gasteiger partial charge < -0.3 is 19.9 Å². The molecule has 0 radical (unpaired) electrons. The smallest absolute Gasteiger partial charge is 0.255 e. The normalized spacial score (nSPS) is 14.4. The van der Waals surface area contributed by atoms with Gasteiger partial charge in [-0.25, -0.2) is 4.39 Å². The Kier molecular flexibility index (Phi) is 9.33. The average molecular weight is 488 g/mol. The van der Waals surface area contributed by atoms with Crippen LogP contribution in [-0.2, 0) is 16.0 Å². The Morgan fingerprint density at radius 1 is 1.03 bits per heavy atom. The minimum absolute atomic E-state index is 0.0536. The maximum Gasteiger partial charge on any atom is 0.255 e. The predicted octanol–water partition coefficient (Wildman–Crippen LogP) is 2.60. The van der Waals surface area contributed by atoms with E-state index in [1.165, 1.54) is 19.2 Å². The van der Waals surface area contributed by atoms with Crippen molar-refractivity contribution in [2.24, 2.45) is 0 Å². The SMILES string of the molecule is COc1ccccc1C(=O)N[C@H](CCSC)C(=O)N1CCN(C(=O)Cc2ccc(F)cc2)CC1. The second kappa shape index (κ2) is 12.4. The van der Waals surface area contributed by atoms with E-state index in [2.05, 4.69) is 5.32 Å². The Morgan fingerprint density at radius 3 is 2.32 bits per heavy atom. The third-order valence-electron chi connectivity index (χ3n) is 5.78. The lowest BCUT2D eigenvalue weighted by atomic mass is 10.1. The Balaban J connectivity index is 1.59. The molecule has 3 amide bonds. The highest BCUT2D eigenvalue weighted by Crippen LogP contribution is 2.18. The molecule has 0 unspecified atom stereocenters. The van der Waals surface area contributed by atoms with Gasteiger partial charge in [-0.1, -0.05) is 24.3 Å². The summed E-state index contributed by atoms with van der Waals surface area (Å²) in [6, 6.07) is 12.1. The number of nitrogens with one attached hydrogen (secondary N) is 1. The second-order valence-corrected chi connectivity index (χ2v) is 9.00. The molecule has 1 fully saturated rings. The van der Waals surface area contributed by atoms with Crippen molar-refractivity contribution in [3.63, 3.8) is 0 Å². The molecule has 0 aromatic heterocycles. The first kappa shape index (κ1) is 25.6. The van der Waals surface area contributed by atoms with Crippen molar-refractivity contribution in [1.82, 2.24) is 15.1 Å². The third-order valence-corrected chi connectivity index (χ3v) is 6.42. The number of halogens is 1. The van der Waals surface area contributed by atoms with E-state index in [4.69, 9.17) is 4.74 Å². The molecule has 0 bridgehead atoms. The number of thioether (sulfide) groups is 1. The van der Waals surface area contributed by atoms with Gasteiger partial charge in [0, 0.05) is 26.2 Å². The van der Waals surface area contributed by atoms with Crippen LogP contribution in [0.5, 0.6) is 5.75 Å². The fourth-order valence-electron chi connectivity index (χ4n) is 3.85. The van der Waals surface area contributed by atoms with Crippen molar-refractivity contribution >= 4 is 29.5 Å². The molecule has 1 aliphatic rings. The molecule has 34 heavy (non-hydrogen) atoms. The zero-order chi connectivity index (χ0) is 24.5. The summed E-state index contributed by atoms with van der Waals surface area (Å²) in [5, 5.41) is 2.88. The number of hydrogen-bond acceptors (Lipinski definition) is 5. The van der Waals surface area contributed by atoms with Gasteiger partial charge in [0.25, 0.3) is 5.91 Å². The van der Waals surface area contributed by atoms with E-state index in [1.807, 2.05) is 6.26 Å². The van der Waals surface area contributed by atoms with Crippen LogP contribution in [0.4, 0.5) is 4.39 Å². The molecule has 2 aromatic rings. The largest absolute Gasteiger partial charge is 0.496 e. The monoisotopic (exact) mass is 487 g/mol. The highest BCUT2D eigenvalue weighted by molar-refractivity contribution is 7.98. The number of benzene rings is 2. The number of ether oxygens (including phenoxy) is 1. The number of piperazine rings is 1. The Labute approximate surface area is 203 Å². The molecule has 2 aromatic carbocycles. The van der Waals surface area contributed by atoms with Crippen LogP contribution >= 0.6 is 11.8 Å². The third kappa shape index (κ3) is 6.72. The summed E-state index contributed by atoms with van der Waals surface area (Å²) in [5.74, 6) is 0.273. The lowest BCUT2D eigenvalue weighted by molar-refractivity contribution is -0.140. The van der Waals surface area contributed by atoms with Gasteiger partial charge >= 0.3 is 0 Å². The summed E-state index contributed by atoms with van der Waals surface area (Å²) in [4.78, 5) is 42.2. The van der Waals surface area contributed by atoms with E-state index >= 15 is 0 Å². The van der Waals surface area contributed by atoms with E-state index in [0.717, 1.165) is 11.3 Å². The van der Waals surface area contributed by atoms with Crippen LogP contribution < -0.4 is 10.1 Å². The molecule has 3 rings (SSSR count). The fraction of sp³-hybridized carbons (Fsp3) is 0.400. The van der Waals surface area contributed by atoms with Crippen LogP contribution in [0.1, 0.15) is 22.3 Å². The first-order valence-corrected chi connectivity index (χ1v) is 12.6. The molecule has 7 nitrogen and oxygen atoms in total. The van der Waals surface area contributed by atoms with Gasteiger partial charge in [0.05, 0.1) is 19.1 Å². The van der Waals surface area contributed by atoms with E-state index in [-0.39, 0.29) is 30.0 Å². The van der Waals surface area contributed by atoms with Crippen molar-refractivity contribution in [3.05, 3.63) is 65.5 Å². The molecule has 0 aliphatic carbocycles. The van der Waals surface area contributed by atoms with Crippen LogP contribution in [0.25, 0.3) is 0 Å². The quantitative estimate of drug-likeness (QED) is 0.588. The maximum atomic E-state index is 13.3. The molecule has 0 spiro atoms. The minimum atomic E-state index is -0.661. The first-order chi connectivity index (χ1) is 16.4. The molecule has 1 saturated heterocycles. The highest BCUT2D eigenvalue weighted by Gasteiger charge is 2.30. The van der Waals surface area contributed by atoms with Crippen LogP contribution in [0, 0.1) is 5.82 Å². The molecule has 0 saturated carbocycles. The zero-order valence-electron chi connectivity index (χ0n) is 19.5. The van der Waals surface area contributed by atoms with Gasteiger partial charge in [0.15, 0.2) is 0 Å². The summed E-state index contributed by atoms with van der Waals surface area (Å²) >= 11 is 1.61. The number of hydrogen-bond donors (Lipinski definition) is 1. The van der Waals surface area contributed by atoms with Crippen molar-refractivity contribution in [2.75, 3.05) is 45.3 Å². The summed E-state index contributed by atoms with van der Waals surface area (Å²) in [6.07, 6.45) is 2.65. The highest BCUT2D eigenvalue weighted by atomic mass is 32.2. The van der Waals surface area contributed by atoms with Crippen molar-refractivity contribution in [1.29, 1.82) is 0 Å². The number of carbonyl (C=O) groups excluding carboxylic acids is 3. The second-order valence-electron chi connectivity index (χ2n) is 8.02. The van der Waals surface area contributed by atoms with Crippen LogP contribution in [0.15, 0.2) is 48.5 Å². The molecule has 1 atom stereocenters. The van der Waals surface area contributed by atoms with Gasteiger partial charge in [-0.15, -0.1) is 0 Å². The lowest BCUT2D eigenvalue weighted by Gasteiger charge is -2.36. The maximum absolute atomic E-state index is 13.3. The minimum Gasteiger partial charge on any atom is -0.496 e. The molecule has 1 heterocycles. The first-order valence-electron chi connectivity index (χ1n) is 11.2. The number of rotatable bonds is 9. The van der Waals surface area contributed by atoms with E-state index in [0.29, 0.717) is 43.9 Å². The Bertz CT molecular complexity index is 994. The van der Waals surface area contributed by atoms with Gasteiger partial charge in [0.1, 0.15) is 17.6 Å². The summed E-state index contributed by atoms with van der Waals surface area (Å²) in [7, 11) is 1.50. The number of carbonyl (C=O) groups is 3. The Hall–Kier alpha value is -3.07. The van der Waals surface area contributed by atoms with Crippen LogP contribution in [0.3, 0.4) is 0 Å². The average Bonchev–Trinajstić information content (AvgIpc) is 2.87. The van der Waals surface area contributed by atoms with Crippen LogP contribution in [-0.4, -0.2) is 78.9 Å². The molecule has 1 aliphatic heterocycles. The van der Waals surface area contributed by atoms with Gasteiger partial charge in [-0.05, 0) is 48.3 Å². The van der Waals surface area contributed by atoms with E-state index in [9.17, 15) is 18.8 Å². The fourth-order valence-corrected chi connectivity index (χ4v) is 4.32. The number of para-hydroxylation sites is 1. The topological polar surface area (TPSA) is 79.0 Å². The zero-order valence-corrected chi connectivity index (χ0v) is 20.3. The standard InChI is InChI=1S/C25H30FN3O4S/c1-33-22-6-4-3-5-20(22)24(31)27-21(11-16-34-2)25(32)29-14-12-28(13-15-29)23(30)17-18-7-9-19(26)10-8-18/h3-10,21H,11-17H2,1-2H3,(H,27,31)/t21-/m1/s1. The van der Waals surface area contributed by atoms with E-state index in [1.54, 1.807) is 58.0 Å². The molecular weight excluding hydrogens is 457 g/mol. The molecular formula is C25H30FN3O4S. The number of amides is 3. The predicted molar refractivity (Wildman–Crippen MR) is 131 cm³/mol. The molecule has 182 valence electrons. The van der Waals surface area contributed by atoms with Gasteiger partial charge in [0.2, 0.25) is 11.8 Å². The van der Waals surface area contributed by atoms with E-state index < -0.39 is 6.04 Å². The molecule has 9 heteroatoms. The van der Waals surface area contributed by atoms with Gasteiger partial charge in [-0.2, -0.15) is 11.8 Å². The summed E-state index contributed by atoms with van der Waals surface area (Å²) in [5.41, 5.74) is 1.13. The Morgan fingerprint density at radius 2 is 1.68 bits per heavy atom. The van der Waals surface area contributed by atoms with Crippen molar-refractivity contribution in [3.8, 4) is 5.75 Å².